The van der Waals surface area contributed by atoms with E-state index in [1.807, 2.05) is 0 Å². The number of hydrogen-bond acceptors (Lipinski definition) is 8. The van der Waals surface area contributed by atoms with Crippen molar-refractivity contribution in [1.29, 1.82) is 0 Å². The van der Waals surface area contributed by atoms with Crippen LogP contribution in [0.2, 0.25) is 0 Å². The van der Waals surface area contributed by atoms with Gasteiger partial charge in [-0.3, -0.25) is 4.90 Å². The van der Waals surface area contributed by atoms with Crippen LogP contribution in [0.4, 0.5) is 27.5 Å². The number of likely N-dealkylation sites (tertiary alicyclic amines) is 1. The van der Waals surface area contributed by atoms with Gasteiger partial charge in [0, 0.05) is 43.2 Å². The fourth-order valence-corrected chi connectivity index (χ4v) is 6.92. The third-order valence-electron chi connectivity index (χ3n) is 7.54. The van der Waals surface area contributed by atoms with Gasteiger partial charge in [0.25, 0.3) is 0 Å². The predicted molar refractivity (Wildman–Crippen MR) is 149 cm³/mol. The Bertz CT molecular complexity index is 1420. The fraction of sp³-hybridized carbons (Fsp3) is 0.429. The molecule has 0 amide bonds. The number of β-amino-alcohol motifs (C(OH)–C–C–N with tert-alkyl or cyclic N) is 1. The molecule has 208 valence electrons. The van der Waals surface area contributed by atoms with Crippen molar-refractivity contribution in [3.63, 3.8) is 0 Å². The molecule has 2 fully saturated rings. The number of sulfonamides is 1. The molecule has 2 atom stereocenters. The second-order valence-corrected chi connectivity index (χ2v) is 12.6. The summed E-state index contributed by atoms with van der Waals surface area (Å²) in [6, 6.07) is 13.3. The monoisotopic (exact) mass is 554 g/mol. The van der Waals surface area contributed by atoms with E-state index in [-0.39, 0.29) is 17.3 Å². The van der Waals surface area contributed by atoms with Gasteiger partial charge in [-0.15, -0.1) is 0 Å². The zero-order valence-electron chi connectivity index (χ0n) is 22.3. The van der Waals surface area contributed by atoms with E-state index in [1.165, 1.54) is 10.4 Å². The molecule has 3 aromatic rings. The number of halogens is 1. The number of rotatable bonds is 8. The zero-order valence-corrected chi connectivity index (χ0v) is 23.1. The largest absolute Gasteiger partial charge is 0.387 e. The number of piperidine rings is 1. The van der Waals surface area contributed by atoms with Crippen LogP contribution in [0.5, 0.6) is 0 Å². The summed E-state index contributed by atoms with van der Waals surface area (Å²) in [6.07, 6.45) is 5.03. The normalized spacial score (nSPS) is 22.6. The topological polar surface area (TPSA) is 111 Å². The average Bonchev–Trinajstić information content (AvgIpc) is 3.30. The molecule has 2 aromatic carbocycles. The van der Waals surface area contributed by atoms with Crippen LogP contribution in [0, 0.1) is 12.7 Å². The molecular weight excluding hydrogens is 519 g/mol. The number of aliphatic hydroxyl groups is 1. The SMILES string of the molecule is Cc1cc(Nc2ccnc(Nc3ccc(S(=O)(=O)N4CCCC(O)(CN5CCCC5C)C4)cc3)n2)ccc1F. The van der Waals surface area contributed by atoms with Crippen LogP contribution >= 0.6 is 0 Å². The second kappa shape index (κ2) is 11.2. The Morgan fingerprint density at radius 3 is 2.56 bits per heavy atom. The minimum absolute atomic E-state index is 0.0970. The van der Waals surface area contributed by atoms with Gasteiger partial charge in [0.15, 0.2) is 0 Å². The Morgan fingerprint density at radius 1 is 1.08 bits per heavy atom. The number of aryl methyl sites for hydroxylation is 1. The molecule has 2 unspecified atom stereocenters. The van der Waals surface area contributed by atoms with Gasteiger partial charge in [-0.2, -0.15) is 9.29 Å². The first-order valence-electron chi connectivity index (χ1n) is 13.3. The van der Waals surface area contributed by atoms with Gasteiger partial charge < -0.3 is 15.7 Å². The standard InChI is InChI=1S/C28H35FN6O3S/c1-20-17-23(8-11-25(20)29)31-26-12-14-30-27(33-26)32-22-6-9-24(10-7-22)39(37,38)35-16-4-13-28(36,19-35)18-34-15-3-5-21(34)2/h6-12,14,17,21,36H,3-5,13,15-16,18-19H2,1-2H3,(H2,30,31,32,33). The quantitative estimate of drug-likeness (QED) is 0.376. The summed E-state index contributed by atoms with van der Waals surface area (Å²) in [5, 5.41) is 17.5. The molecule has 1 aromatic heterocycles. The molecule has 39 heavy (non-hydrogen) atoms. The van der Waals surface area contributed by atoms with Crippen molar-refractivity contribution >= 4 is 33.2 Å². The third-order valence-corrected chi connectivity index (χ3v) is 9.40. The Hall–Kier alpha value is -3.12. The molecule has 2 aliphatic rings. The lowest BCUT2D eigenvalue weighted by Gasteiger charge is -2.41. The molecule has 2 saturated heterocycles. The highest BCUT2D eigenvalue weighted by Gasteiger charge is 2.41. The van der Waals surface area contributed by atoms with E-state index >= 15 is 0 Å². The number of nitrogens with one attached hydrogen (secondary N) is 2. The van der Waals surface area contributed by atoms with Crippen molar-refractivity contribution in [2.24, 2.45) is 0 Å². The zero-order chi connectivity index (χ0) is 27.6. The molecule has 11 heteroatoms. The highest BCUT2D eigenvalue weighted by molar-refractivity contribution is 7.89. The summed E-state index contributed by atoms with van der Waals surface area (Å²) in [6.45, 7) is 5.78. The summed E-state index contributed by atoms with van der Waals surface area (Å²) in [5.41, 5.74) is 0.807. The Balaban J connectivity index is 1.24. The van der Waals surface area contributed by atoms with E-state index in [2.05, 4.69) is 32.4 Å². The van der Waals surface area contributed by atoms with Crippen molar-refractivity contribution in [2.45, 2.75) is 56.1 Å². The number of nitrogens with zero attached hydrogens (tertiary/aromatic N) is 4. The summed E-state index contributed by atoms with van der Waals surface area (Å²) in [7, 11) is -3.76. The van der Waals surface area contributed by atoms with Gasteiger partial charge >= 0.3 is 0 Å². The highest BCUT2D eigenvalue weighted by atomic mass is 32.2. The number of hydrogen-bond donors (Lipinski definition) is 3. The number of aromatic nitrogens is 2. The molecule has 5 rings (SSSR count). The Labute approximate surface area is 229 Å². The maximum Gasteiger partial charge on any atom is 0.243 e. The minimum atomic E-state index is -3.76. The molecule has 3 N–H and O–H groups in total. The van der Waals surface area contributed by atoms with Crippen LogP contribution in [-0.2, 0) is 10.0 Å². The van der Waals surface area contributed by atoms with Crippen molar-refractivity contribution < 1.29 is 17.9 Å². The Morgan fingerprint density at radius 2 is 1.85 bits per heavy atom. The van der Waals surface area contributed by atoms with Crippen LogP contribution in [0.3, 0.4) is 0 Å². The Kier molecular flexibility index (Phi) is 7.86. The first-order chi connectivity index (χ1) is 18.6. The molecule has 9 nitrogen and oxygen atoms in total. The highest BCUT2D eigenvalue weighted by Crippen LogP contribution is 2.30. The van der Waals surface area contributed by atoms with Gasteiger partial charge in [-0.05, 0) is 100 Å². The smallest absolute Gasteiger partial charge is 0.243 e. The van der Waals surface area contributed by atoms with E-state index < -0.39 is 15.6 Å². The second-order valence-electron chi connectivity index (χ2n) is 10.6. The maximum atomic E-state index is 13.6. The lowest BCUT2D eigenvalue weighted by atomic mass is 9.93. The predicted octanol–water partition coefficient (Wildman–Crippen LogP) is 4.41. The van der Waals surface area contributed by atoms with Crippen molar-refractivity contribution in [3.8, 4) is 0 Å². The lowest BCUT2D eigenvalue weighted by Crippen LogP contribution is -2.55. The molecular formula is C28H35FN6O3S. The molecule has 2 aliphatic heterocycles. The first kappa shape index (κ1) is 27.4. The maximum absolute atomic E-state index is 13.6. The number of benzene rings is 2. The summed E-state index contributed by atoms with van der Waals surface area (Å²) >= 11 is 0. The van der Waals surface area contributed by atoms with E-state index in [4.69, 9.17) is 0 Å². The van der Waals surface area contributed by atoms with Crippen molar-refractivity contribution in [1.82, 2.24) is 19.2 Å². The van der Waals surface area contributed by atoms with Gasteiger partial charge in [-0.1, -0.05) is 0 Å². The van der Waals surface area contributed by atoms with E-state index in [9.17, 15) is 17.9 Å². The summed E-state index contributed by atoms with van der Waals surface area (Å²) < 4.78 is 41.8. The van der Waals surface area contributed by atoms with E-state index in [0.717, 1.165) is 19.4 Å². The van der Waals surface area contributed by atoms with Crippen LogP contribution < -0.4 is 10.6 Å². The minimum Gasteiger partial charge on any atom is -0.387 e. The third kappa shape index (κ3) is 6.38. The fourth-order valence-electron chi connectivity index (χ4n) is 5.36. The lowest BCUT2D eigenvalue weighted by molar-refractivity contribution is -0.0362. The molecule has 3 heterocycles. The molecule has 0 saturated carbocycles. The molecule has 0 bridgehead atoms. The van der Waals surface area contributed by atoms with Crippen molar-refractivity contribution in [3.05, 3.63) is 66.1 Å². The number of anilines is 4. The molecule has 0 spiro atoms. The van der Waals surface area contributed by atoms with Gasteiger partial charge in [-0.25, -0.2) is 17.8 Å². The van der Waals surface area contributed by atoms with Crippen LogP contribution in [0.25, 0.3) is 0 Å². The molecule has 0 aliphatic carbocycles. The van der Waals surface area contributed by atoms with E-state index in [1.54, 1.807) is 55.6 Å². The first-order valence-corrected chi connectivity index (χ1v) is 14.8. The van der Waals surface area contributed by atoms with Crippen LogP contribution in [0.1, 0.15) is 38.2 Å². The average molecular weight is 555 g/mol. The van der Waals surface area contributed by atoms with Crippen LogP contribution in [0.15, 0.2) is 59.6 Å². The van der Waals surface area contributed by atoms with Gasteiger partial charge in [0.05, 0.1) is 10.5 Å². The summed E-state index contributed by atoms with van der Waals surface area (Å²) in [5.74, 6) is 0.578. The van der Waals surface area contributed by atoms with Crippen LogP contribution in [-0.4, -0.2) is 70.5 Å². The van der Waals surface area contributed by atoms with Gasteiger partial charge in [0.1, 0.15) is 11.6 Å². The molecule has 0 radical (unpaired) electrons. The summed E-state index contributed by atoms with van der Waals surface area (Å²) in [4.78, 5) is 11.1. The van der Waals surface area contributed by atoms with Crippen molar-refractivity contribution in [2.75, 3.05) is 36.8 Å². The van der Waals surface area contributed by atoms with E-state index in [0.29, 0.717) is 60.7 Å². The van der Waals surface area contributed by atoms with Gasteiger partial charge in [0.2, 0.25) is 16.0 Å².